The summed E-state index contributed by atoms with van der Waals surface area (Å²) in [5.41, 5.74) is 2.21. The fraction of sp³-hybridized carbons (Fsp3) is 0.263. The number of halogens is 4. The SMILES string of the molecule is CC(C)n1cc(-c2cc(Cl)c(C(F)F)c(Cl)c2)c2ccc(NS(C)(=O)=O)cc21. The molecule has 0 aliphatic heterocycles. The number of aromatic nitrogens is 1. The van der Waals surface area contributed by atoms with Gasteiger partial charge in [-0.15, -0.1) is 0 Å². The maximum atomic E-state index is 13.1. The van der Waals surface area contributed by atoms with Gasteiger partial charge in [-0.05, 0) is 43.7 Å². The Morgan fingerprint density at radius 1 is 1.07 bits per heavy atom. The van der Waals surface area contributed by atoms with Crippen LogP contribution in [0.1, 0.15) is 31.9 Å². The molecule has 0 saturated heterocycles. The number of nitrogens with zero attached hydrogens (tertiary/aromatic N) is 1. The Labute approximate surface area is 172 Å². The summed E-state index contributed by atoms with van der Waals surface area (Å²) in [6.07, 6.45) is 0.193. The Morgan fingerprint density at radius 2 is 1.68 bits per heavy atom. The van der Waals surface area contributed by atoms with Crippen LogP contribution in [0.3, 0.4) is 0 Å². The van der Waals surface area contributed by atoms with Gasteiger partial charge in [-0.2, -0.15) is 0 Å². The summed E-state index contributed by atoms with van der Waals surface area (Å²) in [6, 6.07) is 8.18. The predicted octanol–water partition coefficient (Wildman–Crippen LogP) is 6.51. The summed E-state index contributed by atoms with van der Waals surface area (Å²) in [5.74, 6) is 0. The van der Waals surface area contributed by atoms with Gasteiger partial charge in [0.05, 0.1) is 33.1 Å². The average molecular weight is 447 g/mol. The maximum Gasteiger partial charge on any atom is 0.266 e. The van der Waals surface area contributed by atoms with E-state index in [1.165, 1.54) is 12.1 Å². The Kier molecular flexibility index (Phi) is 5.62. The zero-order valence-corrected chi connectivity index (χ0v) is 17.6. The molecule has 0 fully saturated rings. The van der Waals surface area contributed by atoms with E-state index in [1.54, 1.807) is 18.2 Å². The molecular weight excluding hydrogens is 429 g/mol. The summed E-state index contributed by atoms with van der Waals surface area (Å²) in [4.78, 5) is 0. The first kappa shape index (κ1) is 20.9. The molecule has 0 aliphatic rings. The van der Waals surface area contributed by atoms with E-state index in [0.717, 1.165) is 22.7 Å². The van der Waals surface area contributed by atoms with Gasteiger partial charge in [0.2, 0.25) is 10.0 Å². The molecule has 0 bridgehead atoms. The number of hydrogen-bond acceptors (Lipinski definition) is 2. The highest BCUT2D eigenvalue weighted by Crippen LogP contribution is 2.40. The van der Waals surface area contributed by atoms with Crippen molar-refractivity contribution in [3.8, 4) is 11.1 Å². The number of rotatable bonds is 5. The van der Waals surface area contributed by atoms with Crippen LogP contribution in [0.5, 0.6) is 0 Å². The van der Waals surface area contributed by atoms with E-state index in [2.05, 4.69) is 4.72 Å². The third-order valence-electron chi connectivity index (χ3n) is 4.30. The first-order valence-electron chi connectivity index (χ1n) is 8.37. The number of benzene rings is 2. The molecule has 1 N–H and O–H groups in total. The molecule has 0 radical (unpaired) electrons. The van der Waals surface area contributed by atoms with Crippen molar-refractivity contribution >= 4 is 49.8 Å². The van der Waals surface area contributed by atoms with Crippen molar-refractivity contribution in [2.75, 3.05) is 11.0 Å². The van der Waals surface area contributed by atoms with E-state index >= 15 is 0 Å². The van der Waals surface area contributed by atoms with Gasteiger partial charge in [-0.3, -0.25) is 4.72 Å². The van der Waals surface area contributed by atoms with Gasteiger partial charge >= 0.3 is 0 Å². The number of sulfonamides is 1. The molecule has 3 rings (SSSR count). The Morgan fingerprint density at radius 3 is 2.18 bits per heavy atom. The van der Waals surface area contributed by atoms with E-state index in [4.69, 9.17) is 23.2 Å². The molecule has 3 aromatic rings. The lowest BCUT2D eigenvalue weighted by Gasteiger charge is -2.10. The molecule has 0 saturated carbocycles. The van der Waals surface area contributed by atoms with Gasteiger partial charge in [-0.25, -0.2) is 17.2 Å². The summed E-state index contributed by atoms with van der Waals surface area (Å²) < 4.78 is 53.8. The summed E-state index contributed by atoms with van der Waals surface area (Å²) >= 11 is 12.1. The number of hydrogen-bond donors (Lipinski definition) is 1. The predicted molar refractivity (Wildman–Crippen MR) is 111 cm³/mol. The Hall–Kier alpha value is -1.83. The number of anilines is 1. The van der Waals surface area contributed by atoms with Crippen LogP contribution in [0.4, 0.5) is 14.5 Å². The normalized spacial score (nSPS) is 12.3. The highest BCUT2D eigenvalue weighted by Gasteiger charge is 2.20. The first-order valence-corrected chi connectivity index (χ1v) is 11.0. The van der Waals surface area contributed by atoms with E-state index in [0.29, 0.717) is 11.3 Å². The molecule has 9 heteroatoms. The highest BCUT2D eigenvalue weighted by molar-refractivity contribution is 7.92. The lowest BCUT2D eigenvalue weighted by molar-refractivity contribution is 0.151. The molecular formula is C19H18Cl2F2N2O2S. The van der Waals surface area contributed by atoms with E-state index in [9.17, 15) is 17.2 Å². The van der Waals surface area contributed by atoms with Crippen molar-refractivity contribution in [2.24, 2.45) is 0 Å². The zero-order valence-electron chi connectivity index (χ0n) is 15.3. The molecule has 1 aromatic heterocycles. The zero-order chi connectivity index (χ0) is 20.8. The van der Waals surface area contributed by atoms with Crippen LogP contribution >= 0.6 is 23.2 Å². The van der Waals surface area contributed by atoms with Crippen LogP contribution in [0.2, 0.25) is 10.0 Å². The van der Waals surface area contributed by atoms with Gasteiger partial charge in [-0.1, -0.05) is 29.3 Å². The van der Waals surface area contributed by atoms with Crippen LogP contribution in [0, 0.1) is 0 Å². The van der Waals surface area contributed by atoms with Crippen LogP contribution in [0.15, 0.2) is 36.5 Å². The maximum absolute atomic E-state index is 13.1. The first-order chi connectivity index (χ1) is 13.0. The van der Waals surface area contributed by atoms with E-state index in [1.807, 2.05) is 24.6 Å². The highest BCUT2D eigenvalue weighted by atomic mass is 35.5. The second-order valence-corrected chi connectivity index (χ2v) is 9.37. The van der Waals surface area contributed by atoms with Crippen LogP contribution < -0.4 is 4.72 Å². The molecule has 4 nitrogen and oxygen atoms in total. The van der Waals surface area contributed by atoms with Crippen molar-refractivity contribution in [2.45, 2.75) is 26.3 Å². The van der Waals surface area contributed by atoms with Crippen molar-refractivity contribution in [1.29, 1.82) is 0 Å². The second kappa shape index (κ2) is 7.54. The standard InChI is InChI=1S/C19H18Cl2F2N2O2S/c1-10(2)25-9-14(11-6-15(20)18(19(22)23)16(21)7-11)13-5-4-12(8-17(13)25)24-28(3,26)27/h4-10,19,24H,1-3H3. The third kappa shape index (κ3) is 4.11. The minimum absolute atomic E-state index is 0.0796. The van der Waals surface area contributed by atoms with Crippen molar-refractivity contribution < 1.29 is 17.2 Å². The lowest BCUT2D eigenvalue weighted by Crippen LogP contribution is -2.09. The quantitative estimate of drug-likeness (QED) is 0.485. The molecule has 0 unspecified atom stereocenters. The number of nitrogens with one attached hydrogen (secondary N) is 1. The van der Waals surface area contributed by atoms with Gasteiger partial charge in [0.1, 0.15) is 0 Å². The van der Waals surface area contributed by atoms with E-state index < -0.39 is 16.4 Å². The minimum atomic E-state index is -3.41. The largest absolute Gasteiger partial charge is 0.344 e. The molecule has 150 valence electrons. The molecule has 2 aromatic carbocycles. The molecule has 0 spiro atoms. The van der Waals surface area contributed by atoms with Gasteiger partial charge < -0.3 is 4.57 Å². The van der Waals surface area contributed by atoms with Gasteiger partial charge in [0, 0.05) is 23.2 Å². The average Bonchev–Trinajstić information content (AvgIpc) is 2.91. The van der Waals surface area contributed by atoms with Crippen LogP contribution in [-0.2, 0) is 10.0 Å². The smallest absolute Gasteiger partial charge is 0.266 e. The number of alkyl halides is 2. The fourth-order valence-electron chi connectivity index (χ4n) is 3.13. The fourth-order valence-corrected chi connectivity index (χ4v) is 4.34. The minimum Gasteiger partial charge on any atom is -0.344 e. The molecule has 0 aliphatic carbocycles. The summed E-state index contributed by atoms with van der Waals surface area (Å²) in [7, 11) is -3.41. The Balaban J connectivity index is 2.22. The van der Waals surface area contributed by atoms with Gasteiger partial charge in [0.15, 0.2) is 0 Å². The number of fused-ring (bicyclic) bond motifs is 1. The topological polar surface area (TPSA) is 51.1 Å². The van der Waals surface area contributed by atoms with Crippen molar-refractivity contribution in [3.63, 3.8) is 0 Å². The van der Waals surface area contributed by atoms with Crippen molar-refractivity contribution in [1.82, 2.24) is 4.57 Å². The van der Waals surface area contributed by atoms with Gasteiger partial charge in [0.25, 0.3) is 6.43 Å². The third-order valence-corrected chi connectivity index (χ3v) is 5.53. The molecule has 1 heterocycles. The molecule has 28 heavy (non-hydrogen) atoms. The molecule has 0 amide bonds. The lowest BCUT2D eigenvalue weighted by atomic mass is 10.0. The van der Waals surface area contributed by atoms with E-state index in [-0.39, 0.29) is 21.7 Å². The molecule has 0 atom stereocenters. The second-order valence-electron chi connectivity index (χ2n) is 6.80. The van der Waals surface area contributed by atoms with Crippen LogP contribution in [-0.4, -0.2) is 19.2 Å². The monoisotopic (exact) mass is 446 g/mol. The van der Waals surface area contributed by atoms with Crippen LogP contribution in [0.25, 0.3) is 22.0 Å². The Bertz CT molecular complexity index is 1140. The summed E-state index contributed by atoms with van der Waals surface area (Å²) in [5, 5.41) is 0.626. The van der Waals surface area contributed by atoms with Crippen molar-refractivity contribution in [3.05, 3.63) is 52.1 Å². The summed E-state index contributed by atoms with van der Waals surface area (Å²) in [6.45, 7) is 3.97.